The zero-order chi connectivity index (χ0) is 22.9. The van der Waals surface area contributed by atoms with E-state index in [2.05, 4.69) is 5.32 Å². The van der Waals surface area contributed by atoms with E-state index < -0.39 is 40.8 Å². The van der Waals surface area contributed by atoms with Gasteiger partial charge in [0.25, 0.3) is 0 Å². The van der Waals surface area contributed by atoms with Crippen LogP contribution < -0.4 is 11.1 Å². The Morgan fingerprint density at radius 2 is 1.75 bits per heavy atom. The molecule has 1 heterocycles. The van der Waals surface area contributed by atoms with Crippen LogP contribution in [0.2, 0.25) is 0 Å². The first kappa shape index (κ1) is 23.5. The Kier molecular flexibility index (Phi) is 8.38. The summed E-state index contributed by atoms with van der Waals surface area (Å²) in [4.78, 5) is 39.2. The number of carbonyl (C=O) groups is 3. The molecule has 3 N–H and O–H groups in total. The molecular formula is C23H27N3O5S. The van der Waals surface area contributed by atoms with E-state index in [-0.39, 0.29) is 18.8 Å². The van der Waals surface area contributed by atoms with Gasteiger partial charge in [0.1, 0.15) is 18.7 Å². The lowest BCUT2D eigenvalue weighted by Gasteiger charge is -2.25. The Balaban J connectivity index is 1.54. The van der Waals surface area contributed by atoms with E-state index in [1.165, 1.54) is 4.90 Å². The van der Waals surface area contributed by atoms with Crippen molar-refractivity contribution in [3.63, 3.8) is 0 Å². The molecule has 1 aliphatic heterocycles. The number of rotatable bonds is 9. The molecule has 32 heavy (non-hydrogen) atoms. The summed E-state index contributed by atoms with van der Waals surface area (Å²) in [6.07, 6.45) is 0.673. The molecule has 3 atom stereocenters. The number of nitrogens with one attached hydrogen (secondary N) is 1. The van der Waals surface area contributed by atoms with Gasteiger partial charge in [0.2, 0.25) is 11.8 Å². The van der Waals surface area contributed by atoms with Crippen LogP contribution in [0.5, 0.6) is 0 Å². The first-order chi connectivity index (χ1) is 15.5. The van der Waals surface area contributed by atoms with Crippen molar-refractivity contribution in [1.29, 1.82) is 0 Å². The highest BCUT2D eigenvalue weighted by atomic mass is 32.2. The molecule has 170 valence electrons. The van der Waals surface area contributed by atoms with E-state index in [1.54, 1.807) is 24.3 Å². The van der Waals surface area contributed by atoms with Gasteiger partial charge in [-0.1, -0.05) is 48.5 Å². The van der Waals surface area contributed by atoms with Gasteiger partial charge in [-0.25, -0.2) is 4.79 Å². The van der Waals surface area contributed by atoms with Crippen LogP contribution in [0.15, 0.2) is 65.6 Å². The molecule has 0 radical (unpaired) electrons. The molecular weight excluding hydrogens is 430 g/mol. The van der Waals surface area contributed by atoms with Gasteiger partial charge in [-0.15, -0.1) is 0 Å². The molecule has 3 amide bonds. The molecule has 0 aliphatic carbocycles. The summed E-state index contributed by atoms with van der Waals surface area (Å²) in [7, 11) is -1.32. The van der Waals surface area contributed by atoms with Crippen molar-refractivity contribution in [1.82, 2.24) is 10.2 Å². The molecule has 0 saturated carbocycles. The van der Waals surface area contributed by atoms with E-state index in [9.17, 15) is 18.6 Å². The van der Waals surface area contributed by atoms with E-state index in [1.807, 2.05) is 36.4 Å². The highest BCUT2D eigenvalue weighted by Crippen LogP contribution is 2.19. The van der Waals surface area contributed by atoms with Gasteiger partial charge in [-0.3, -0.25) is 18.7 Å². The minimum Gasteiger partial charge on any atom is -0.445 e. The van der Waals surface area contributed by atoms with E-state index >= 15 is 0 Å². The molecule has 0 unspecified atom stereocenters. The summed E-state index contributed by atoms with van der Waals surface area (Å²) in [6, 6.07) is 16.4. The van der Waals surface area contributed by atoms with E-state index in [0.717, 1.165) is 5.56 Å². The normalized spacial score (nSPS) is 17.4. The van der Waals surface area contributed by atoms with Crippen LogP contribution in [0.3, 0.4) is 0 Å². The zero-order valence-electron chi connectivity index (χ0n) is 17.6. The molecule has 1 fully saturated rings. The smallest absolute Gasteiger partial charge is 0.410 e. The van der Waals surface area contributed by atoms with E-state index in [4.69, 9.17) is 10.5 Å². The van der Waals surface area contributed by atoms with Crippen LogP contribution in [0.25, 0.3) is 0 Å². The quantitative estimate of drug-likeness (QED) is 0.597. The molecule has 2 aromatic rings. The number of likely N-dealkylation sites (tertiary alicyclic amines) is 1. The molecule has 0 aromatic heterocycles. The standard InChI is InChI=1S/C23H27N3O5S/c24-21(27)19(13-15-32(30)18-10-5-2-6-11-18)25-22(28)20-12-7-14-26(20)23(29)31-16-17-8-3-1-4-9-17/h1-6,8-11,19-20H,7,12-16H2,(H2,24,27)(H,25,28)/t19-,20-,32+/m1/s1. The number of primary amides is 1. The van der Waals surface area contributed by atoms with Gasteiger partial charge in [0.05, 0.1) is 10.8 Å². The Hall–Kier alpha value is -3.20. The SMILES string of the molecule is NC(=O)[C@@H](CC[S@](=O)c1ccccc1)NC(=O)[C@H]1CCCN1C(=O)OCc1ccccc1. The van der Waals surface area contributed by atoms with Crippen LogP contribution in [0.4, 0.5) is 4.79 Å². The summed E-state index contributed by atoms with van der Waals surface area (Å²) < 4.78 is 17.8. The molecule has 9 heteroatoms. The summed E-state index contributed by atoms with van der Waals surface area (Å²) in [5, 5.41) is 2.63. The maximum atomic E-state index is 12.8. The molecule has 1 saturated heterocycles. The van der Waals surface area contributed by atoms with Crippen LogP contribution >= 0.6 is 0 Å². The molecule has 0 spiro atoms. The van der Waals surface area contributed by atoms with Crippen molar-refractivity contribution < 1.29 is 23.3 Å². The van der Waals surface area contributed by atoms with Gasteiger partial charge in [-0.2, -0.15) is 0 Å². The van der Waals surface area contributed by atoms with Crippen LogP contribution in [-0.4, -0.2) is 51.4 Å². The first-order valence-corrected chi connectivity index (χ1v) is 11.8. The second kappa shape index (κ2) is 11.4. The number of benzene rings is 2. The third-order valence-electron chi connectivity index (χ3n) is 5.25. The second-order valence-corrected chi connectivity index (χ2v) is 9.08. The van der Waals surface area contributed by atoms with Gasteiger partial charge >= 0.3 is 6.09 Å². The lowest BCUT2D eigenvalue weighted by molar-refractivity contribution is -0.130. The number of amides is 3. The highest BCUT2D eigenvalue weighted by molar-refractivity contribution is 7.85. The van der Waals surface area contributed by atoms with Crippen molar-refractivity contribution in [2.45, 2.75) is 42.8 Å². The van der Waals surface area contributed by atoms with Crippen molar-refractivity contribution in [2.75, 3.05) is 12.3 Å². The third-order valence-corrected chi connectivity index (χ3v) is 6.66. The number of carbonyl (C=O) groups excluding carboxylic acids is 3. The summed E-state index contributed by atoms with van der Waals surface area (Å²) in [5.74, 6) is -1.00. The molecule has 1 aliphatic rings. The number of nitrogens with two attached hydrogens (primary N) is 1. The lowest BCUT2D eigenvalue weighted by atomic mass is 10.1. The molecule has 8 nitrogen and oxygen atoms in total. The van der Waals surface area contributed by atoms with Gasteiger partial charge < -0.3 is 15.8 Å². The third kappa shape index (κ3) is 6.40. The van der Waals surface area contributed by atoms with Gasteiger partial charge in [0, 0.05) is 17.2 Å². The van der Waals surface area contributed by atoms with Crippen LogP contribution in [0.1, 0.15) is 24.8 Å². The van der Waals surface area contributed by atoms with Gasteiger partial charge in [-0.05, 0) is 37.0 Å². The Morgan fingerprint density at radius 3 is 2.41 bits per heavy atom. The van der Waals surface area contributed by atoms with Crippen molar-refractivity contribution in [2.24, 2.45) is 5.73 Å². The average molecular weight is 458 g/mol. The monoisotopic (exact) mass is 457 g/mol. The van der Waals surface area contributed by atoms with Crippen molar-refractivity contribution in [3.05, 3.63) is 66.2 Å². The predicted octanol–water partition coefficient (Wildman–Crippen LogP) is 1.96. The second-order valence-electron chi connectivity index (χ2n) is 7.51. The average Bonchev–Trinajstić information content (AvgIpc) is 3.31. The van der Waals surface area contributed by atoms with Crippen molar-refractivity contribution >= 4 is 28.7 Å². The Bertz CT molecular complexity index is 955. The summed E-state index contributed by atoms with van der Waals surface area (Å²) in [6.45, 7) is 0.505. The number of hydrogen-bond acceptors (Lipinski definition) is 5. The minimum absolute atomic E-state index is 0.111. The molecule has 3 rings (SSSR count). The summed E-state index contributed by atoms with van der Waals surface area (Å²) in [5.41, 5.74) is 6.31. The van der Waals surface area contributed by atoms with Crippen LogP contribution in [-0.2, 0) is 31.7 Å². The first-order valence-electron chi connectivity index (χ1n) is 10.5. The predicted molar refractivity (Wildman–Crippen MR) is 120 cm³/mol. The largest absolute Gasteiger partial charge is 0.445 e. The zero-order valence-corrected chi connectivity index (χ0v) is 18.5. The Labute approximate surface area is 189 Å². The molecule has 0 bridgehead atoms. The fraction of sp³-hybridized carbons (Fsp3) is 0.348. The highest BCUT2D eigenvalue weighted by Gasteiger charge is 2.36. The molecule has 2 aromatic carbocycles. The number of nitrogens with zero attached hydrogens (tertiary/aromatic N) is 1. The number of ether oxygens (including phenoxy) is 1. The van der Waals surface area contributed by atoms with Crippen LogP contribution in [0, 0.1) is 0 Å². The maximum Gasteiger partial charge on any atom is 0.410 e. The van der Waals surface area contributed by atoms with Crippen molar-refractivity contribution in [3.8, 4) is 0 Å². The fourth-order valence-corrected chi connectivity index (χ4v) is 4.67. The van der Waals surface area contributed by atoms with Gasteiger partial charge in [0.15, 0.2) is 0 Å². The summed E-state index contributed by atoms with van der Waals surface area (Å²) >= 11 is 0. The van der Waals surface area contributed by atoms with E-state index in [0.29, 0.717) is 24.3 Å². The topological polar surface area (TPSA) is 119 Å². The fourth-order valence-electron chi connectivity index (χ4n) is 3.53. The minimum atomic E-state index is -1.32. The maximum absolute atomic E-state index is 12.8. The Morgan fingerprint density at radius 1 is 1.09 bits per heavy atom. The number of hydrogen-bond donors (Lipinski definition) is 2. The lowest BCUT2D eigenvalue weighted by Crippen LogP contribution is -2.52.